The van der Waals surface area contributed by atoms with E-state index >= 15 is 0 Å². The molecule has 0 spiro atoms. The first kappa shape index (κ1) is 16.2. The molecule has 0 aliphatic carbocycles. The molecule has 2 heterocycles. The van der Waals surface area contributed by atoms with Crippen molar-refractivity contribution in [2.24, 2.45) is 0 Å². The van der Waals surface area contributed by atoms with Crippen molar-refractivity contribution < 1.29 is 14.6 Å². The number of methoxy groups -OCH3 is 1. The van der Waals surface area contributed by atoms with E-state index in [1.807, 2.05) is 30.3 Å². The Morgan fingerprint density at radius 3 is 2.85 bits per heavy atom. The Labute approximate surface area is 149 Å². The minimum absolute atomic E-state index is 0.194. The summed E-state index contributed by atoms with van der Waals surface area (Å²) in [5.41, 5.74) is 1.84. The molecule has 0 saturated heterocycles. The number of ether oxygens (including phenoxy) is 1. The average Bonchev–Trinajstić information content (AvgIpc) is 3.10. The highest BCUT2D eigenvalue weighted by Crippen LogP contribution is 2.32. The number of aryl methyl sites for hydroxylation is 2. The average molecular weight is 350 g/mol. The lowest BCUT2D eigenvalue weighted by Gasteiger charge is -2.12. The summed E-state index contributed by atoms with van der Waals surface area (Å²) in [7, 11) is 1.56. The third-order valence-electron chi connectivity index (χ3n) is 4.80. The molecule has 0 saturated carbocycles. The van der Waals surface area contributed by atoms with E-state index in [2.05, 4.69) is 5.32 Å². The fourth-order valence-electron chi connectivity index (χ4n) is 3.54. The molecule has 0 fully saturated rings. The van der Waals surface area contributed by atoms with Crippen LogP contribution in [0.25, 0.3) is 10.9 Å². The molecule has 1 aliphatic heterocycles. The van der Waals surface area contributed by atoms with Crippen molar-refractivity contribution in [3.63, 3.8) is 0 Å². The number of aromatic hydroxyl groups is 1. The summed E-state index contributed by atoms with van der Waals surface area (Å²) in [6, 6.07) is 12.8. The molecule has 6 heteroatoms. The Morgan fingerprint density at radius 1 is 1.23 bits per heavy atom. The maximum atomic E-state index is 12.8. The summed E-state index contributed by atoms with van der Waals surface area (Å²) in [4.78, 5) is 25.4. The van der Waals surface area contributed by atoms with Crippen molar-refractivity contribution in [2.45, 2.75) is 19.5 Å². The summed E-state index contributed by atoms with van der Waals surface area (Å²) in [5.74, 6) is -0.209. The molecular formula is C20H18N2O4. The van der Waals surface area contributed by atoms with Gasteiger partial charge in [0.1, 0.15) is 17.1 Å². The normalized spacial score (nSPS) is 12.3. The topological polar surface area (TPSA) is 80.6 Å². The highest BCUT2D eigenvalue weighted by Gasteiger charge is 2.25. The van der Waals surface area contributed by atoms with Gasteiger partial charge in [-0.1, -0.05) is 30.3 Å². The second kappa shape index (κ2) is 6.22. The number of rotatable bonds is 4. The molecular weight excluding hydrogens is 332 g/mol. The predicted octanol–water partition coefficient (Wildman–Crippen LogP) is 2.20. The molecule has 132 valence electrons. The van der Waals surface area contributed by atoms with Gasteiger partial charge in [-0.2, -0.15) is 0 Å². The van der Waals surface area contributed by atoms with Crippen LogP contribution in [0.3, 0.4) is 0 Å². The number of carbonyl (C=O) groups excluding carboxylic acids is 1. The van der Waals surface area contributed by atoms with Crippen LogP contribution < -0.4 is 15.6 Å². The molecule has 6 nitrogen and oxygen atoms in total. The molecule has 1 aromatic heterocycles. The molecule has 26 heavy (non-hydrogen) atoms. The van der Waals surface area contributed by atoms with Gasteiger partial charge in [-0.25, -0.2) is 0 Å². The summed E-state index contributed by atoms with van der Waals surface area (Å²) >= 11 is 0. The number of pyridine rings is 1. The van der Waals surface area contributed by atoms with Gasteiger partial charge in [0.15, 0.2) is 0 Å². The van der Waals surface area contributed by atoms with E-state index in [0.29, 0.717) is 17.7 Å². The first-order valence-corrected chi connectivity index (χ1v) is 8.39. The zero-order chi connectivity index (χ0) is 18.3. The Bertz CT molecular complexity index is 1090. The maximum Gasteiger partial charge on any atom is 0.267 e. The lowest BCUT2D eigenvalue weighted by atomic mass is 10.1. The van der Waals surface area contributed by atoms with Crippen LogP contribution in [0.1, 0.15) is 21.5 Å². The first-order valence-electron chi connectivity index (χ1n) is 8.39. The molecule has 0 bridgehead atoms. The van der Waals surface area contributed by atoms with Gasteiger partial charge < -0.3 is 19.7 Å². The van der Waals surface area contributed by atoms with Crippen LogP contribution in [-0.2, 0) is 19.5 Å². The summed E-state index contributed by atoms with van der Waals surface area (Å²) in [5, 5.41) is 13.8. The first-order chi connectivity index (χ1) is 12.6. The van der Waals surface area contributed by atoms with Crippen molar-refractivity contribution in [1.29, 1.82) is 0 Å². The number of benzene rings is 2. The van der Waals surface area contributed by atoms with E-state index in [1.165, 1.54) is 0 Å². The fraction of sp³-hybridized carbons (Fsp3) is 0.200. The van der Waals surface area contributed by atoms with Crippen LogP contribution in [0.5, 0.6) is 11.5 Å². The molecule has 1 amide bonds. The van der Waals surface area contributed by atoms with Gasteiger partial charge in [-0.05, 0) is 24.1 Å². The second-order valence-corrected chi connectivity index (χ2v) is 6.24. The molecule has 1 aliphatic rings. The van der Waals surface area contributed by atoms with Crippen molar-refractivity contribution in [1.82, 2.24) is 9.88 Å². The number of amides is 1. The Balaban J connectivity index is 1.72. The predicted molar refractivity (Wildman–Crippen MR) is 97.7 cm³/mol. The monoisotopic (exact) mass is 350 g/mol. The Hall–Kier alpha value is -3.28. The number of para-hydroxylation sites is 2. The van der Waals surface area contributed by atoms with Crippen LogP contribution >= 0.6 is 0 Å². The van der Waals surface area contributed by atoms with Crippen molar-refractivity contribution >= 4 is 16.8 Å². The van der Waals surface area contributed by atoms with Gasteiger partial charge in [0.25, 0.3) is 11.5 Å². The van der Waals surface area contributed by atoms with E-state index in [1.54, 1.807) is 23.8 Å². The second-order valence-electron chi connectivity index (χ2n) is 6.24. The van der Waals surface area contributed by atoms with E-state index in [-0.39, 0.29) is 17.9 Å². The van der Waals surface area contributed by atoms with E-state index in [0.717, 1.165) is 23.1 Å². The van der Waals surface area contributed by atoms with Crippen LogP contribution in [-0.4, -0.2) is 22.7 Å². The molecule has 4 rings (SSSR count). The third-order valence-corrected chi connectivity index (χ3v) is 4.80. The quantitative estimate of drug-likeness (QED) is 0.756. The molecule has 2 aromatic carbocycles. The number of aromatic nitrogens is 1. The lowest BCUT2D eigenvalue weighted by Crippen LogP contribution is -2.32. The lowest BCUT2D eigenvalue weighted by molar-refractivity contribution is 0.0946. The minimum atomic E-state index is -0.596. The van der Waals surface area contributed by atoms with E-state index in [4.69, 9.17) is 4.74 Å². The van der Waals surface area contributed by atoms with E-state index in [9.17, 15) is 14.7 Å². The van der Waals surface area contributed by atoms with Crippen molar-refractivity contribution in [2.75, 3.05) is 7.11 Å². The number of hydrogen-bond acceptors (Lipinski definition) is 4. The maximum absolute atomic E-state index is 12.8. The molecule has 3 aromatic rings. The summed E-state index contributed by atoms with van der Waals surface area (Å²) in [6.45, 7) is 0.710. The van der Waals surface area contributed by atoms with Gasteiger partial charge in [0.2, 0.25) is 0 Å². The van der Waals surface area contributed by atoms with E-state index < -0.39 is 11.5 Å². The number of carbonyl (C=O) groups is 1. The van der Waals surface area contributed by atoms with Gasteiger partial charge in [0, 0.05) is 24.0 Å². The molecule has 2 N–H and O–H groups in total. The standard InChI is InChI=1S/C20H18N2O4/c1-26-15-8-3-2-5-13(15)11-21-19(24)16-18(23)14-7-4-6-12-9-10-22(17(12)14)20(16)25/h2-8,23H,9-11H2,1H3,(H,21,24). The van der Waals surface area contributed by atoms with Crippen LogP contribution in [0.4, 0.5) is 0 Å². The van der Waals surface area contributed by atoms with Crippen molar-refractivity contribution in [3.8, 4) is 11.5 Å². The highest BCUT2D eigenvalue weighted by atomic mass is 16.5. The Kier molecular flexibility index (Phi) is 3.88. The van der Waals surface area contributed by atoms with Crippen molar-refractivity contribution in [3.05, 3.63) is 69.5 Å². The summed E-state index contributed by atoms with van der Waals surface area (Å²) in [6.07, 6.45) is 0.721. The Morgan fingerprint density at radius 2 is 2.04 bits per heavy atom. The zero-order valence-corrected chi connectivity index (χ0v) is 14.3. The van der Waals surface area contributed by atoms with Gasteiger partial charge in [0.05, 0.1) is 12.6 Å². The van der Waals surface area contributed by atoms with Crippen LogP contribution in [0, 0.1) is 0 Å². The smallest absolute Gasteiger partial charge is 0.267 e. The molecule has 0 atom stereocenters. The van der Waals surface area contributed by atoms with Crippen LogP contribution in [0.2, 0.25) is 0 Å². The highest BCUT2D eigenvalue weighted by molar-refractivity contribution is 6.03. The van der Waals surface area contributed by atoms with Gasteiger partial charge in [-0.3, -0.25) is 9.59 Å². The third kappa shape index (κ3) is 2.42. The minimum Gasteiger partial charge on any atom is -0.506 e. The number of nitrogens with one attached hydrogen (secondary N) is 1. The van der Waals surface area contributed by atoms with Gasteiger partial charge in [-0.15, -0.1) is 0 Å². The largest absolute Gasteiger partial charge is 0.506 e. The molecule has 0 unspecified atom stereocenters. The number of hydrogen-bond donors (Lipinski definition) is 2. The SMILES string of the molecule is COc1ccccc1CNC(=O)c1c(O)c2cccc3c2n(c1=O)CC3. The zero-order valence-electron chi connectivity index (χ0n) is 14.3. The number of nitrogens with zero attached hydrogens (tertiary/aromatic N) is 1. The molecule has 0 radical (unpaired) electrons. The summed E-state index contributed by atoms with van der Waals surface area (Å²) < 4.78 is 6.84. The fourth-order valence-corrected chi connectivity index (χ4v) is 3.54. The van der Waals surface area contributed by atoms with Gasteiger partial charge >= 0.3 is 0 Å². The van der Waals surface area contributed by atoms with Crippen LogP contribution in [0.15, 0.2) is 47.3 Å².